The minimum atomic E-state index is -0.679. The van der Waals surface area contributed by atoms with E-state index in [4.69, 9.17) is 16.3 Å². The largest absolute Gasteiger partial charge is 0.497 e. The molecule has 2 heterocycles. The van der Waals surface area contributed by atoms with Crippen molar-refractivity contribution in [3.05, 3.63) is 70.9 Å². The van der Waals surface area contributed by atoms with Crippen LogP contribution in [-0.4, -0.2) is 47.7 Å². The summed E-state index contributed by atoms with van der Waals surface area (Å²) in [6.07, 6.45) is 9.64. The summed E-state index contributed by atoms with van der Waals surface area (Å²) < 4.78 is 5.41. The lowest BCUT2D eigenvalue weighted by molar-refractivity contribution is -0.139. The molecule has 0 spiro atoms. The molecular weight excluding hydrogens is 472 g/mol. The van der Waals surface area contributed by atoms with Gasteiger partial charge >= 0.3 is 5.97 Å². The number of carbonyl (C=O) groups is 1. The molecule has 6 heteroatoms. The number of pyridine rings is 1. The predicted octanol–water partition coefficient (Wildman–Crippen LogP) is 6.66. The topological polar surface area (TPSA) is 62.7 Å². The maximum absolute atomic E-state index is 11.6. The van der Waals surface area contributed by atoms with Gasteiger partial charge in [0.15, 0.2) is 0 Å². The molecule has 0 aliphatic carbocycles. The van der Waals surface area contributed by atoms with Gasteiger partial charge in [0.1, 0.15) is 5.75 Å². The number of carboxylic acids is 1. The number of aliphatic carboxylic acids is 1. The van der Waals surface area contributed by atoms with Gasteiger partial charge in [0.25, 0.3) is 0 Å². The van der Waals surface area contributed by atoms with Gasteiger partial charge in [-0.15, -0.1) is 0 Å². The van der Waals surface area contributed by atoms with Gasteiger partial charge in [0.05, 0.1) is 12.6 Å². The fraction of sp³-hybridized carbons (Fsp3) is 0.467. The van der Waals surface area contributed by atoms with Gasteiger partial charge in [-0.3, -0.25) is 9.78 Å². The second-order valence-corrected chi connectivity index (χ2v) is 10.5. The first-order valence-corrected chi connectivity index (χ1v) is 13.5. The fourth-order valence-corrected chi connectivity index (χ4v) is 5.72. The molecule has 1 fully saturated rings. The molecule has 1 saturated heterocycles. The quantitative estimate of drug-likeness (QED) is 0.277. The third kappa shape index (κ3) is 7.44. The average molecular weight is 509 g/mol. The number of fused-ring (bicyclic) bond motifs is 1. The number of unbranched alkanes of at least 4 members (excludes halogenated alkanes) is 1. The number of piperidine rings is 1. The number of likely N-dealkylation sites (tertiary alicyclic amines) is 1. The van der Waals surface area contributed by atoms with Crippen LogP contribution in [-0.2, 0) is 17.6 Å². The number of aromatic nitrogens is 1. The van der Waals surface area contributed by atoms with Gasteiger partial charge in [-0.05, 0) is 117 Å². The van der Waals surface area contributed by atoms with Crippen molar-refractivity contribution in [2.24, 2.45) is 11.8 Å². The summed E-state index contributed by atoms with van der Waals surface area (Å²) in [6, 6.07) is 16.2. The Kier molecular flexibility index (Phi) is 9.60. The molecule has 4 rings (SSSR count). The number of nitrogens with zero attached hydrogens (tertiary/aromatic N) is 2. The molecule has 0 saturated carbocycles. The van der Waals surface area contributed by atoms with E-state index < -0.39 is 5.97 Å². The fourth-order valence-electron chi connectivity index (χ4n) is 5.59. The molecular formula is C30H37ClN2O3. The van der Waals surface area contributed by atoms with Crippen LogP contribution in [0.2, 0.25) is 5.02 Å². The van der Waals surface area contributed by atoms with E-state index in [0.29, 0.717) is 5.92 Å². The van der Waals surface area contributed by atoms with E-state index in [1.54, 1.807) is 7.11 Å². The van der Waals surface area contributed by atoms with Gasteiger partial charge < -0.3 is 14.7 Å². The van der Waals surface area contributed by atoms with E-state index in [9.17, 15) is 9.90 Å². The smallest absolute Gasteiger partial charge is 0.303 e. The van der Waals surface area contributed by atoms with Crippen LogP contribution in [0, 0.1) is 11.8 Å². The molecule has 0 unspecified atom stereocenters. The number of benzene rings is 2. The van der Waals surface area contributed by atoms with Crippen molar-refractivity contribution < 1.29 is 14.6 Å². The SMILES string of the molecule is COc1ccc2nccc(CCC[C@@H]3CCN(CCCCc4ccc(Cl)cc4)C[C@@H]3CC(=O)O)c2c1. The van der Waals surface area contributed by atoms with Crippen LogP contribution in [0.3, 0.4) is 0 Å². The summed E-state index contributed by atoms with van der Waals surface area (Å²) in [4.78, 5) is 18.6. The van der Waals surface area contributed by atoms with E-state index in [1.165, 1.54) is 11.1 Å². The number of methoxy groups -OCH3 is 1. The number of hydrogen-bond acceptors (Lipinski definition) is 4. The Balaban J connectivity index is 1.27. The Morgan fingerprint density at radius 3 is 2.69 bits per heavy atom. The van der Waals surface area contributed by atoms with Crippen molar-refractivity contribution in [2.75, 3.05) is 26.7 Å². The van der Waals surface area contributed by atoms with Crippen LogP contribution in [0.1, 0.15) is 49.7 Å². The lowest BCUT2D eigenvalue weighted by atomic mass is 9.79. The van der Waals surface area contributed by atoms with Crippen LogP contribution in [0.15, 0.2) is 54.7 Å². The second-order valence-electron chi connectivity index (χ2n) is 10.0. The third-order valence-corrected chi connectivity index (χ3v) is 7.83. The van der Waals surface area contributed by atoms with Crippen molar-refractivity contribution in [3.63, 3.8) is 0 Å². The second kappa shape index (κ2) is 13.1. The molecule has 0 bridgehead atoms. The highest BCUT2D eigenvalue weighted by molar-refractivity contribution is 6.30. The van der Waals surface area contributed by atoms with Crippen LogP contribution >= 0.6 is 11.6 Å². The molecule has 0 amide bonds. The highest BCUT2D eigenvalue weighted by atomic mass is 35.5. The molecule has 1 aromatic heterocycles. The van der Waals surface area contributed by atoms with Gasteiger partial charge in [-0.1, -0.05) is 23.7 Å². The molecule has 5 nitrogen and oxygen atoms in total. The van der Waals surface area contributed by atoms with Crippen molar-refractivity contribution in [1.29, 1.82) is 0 Å². The standard InChI is InChI=1S/C30H37ClN2O3/c1-36-27-12-13-29-28(20-27)24(14-16-32-29)7-4-6-23-15-18-33(21-25(23)19-30(34)35)17-3-2-5-22-8-10-26(31)11-9-22/h8-14,16,20,23,25H,2-7,15,17-19,21H2,1H3,(H,34,35)/t23-,25+/m1/s1. The molecule has 192 valence electrons. The summed E-state index contributed by atoms with van der Waals surface area (Å²) in [6.45, 7) is 3.01. The Morgan fingerprint density at radius 1 is 1.08 bits per heavy atom. The first-order valence-electron chi connectivity index (χ1n) is 13.1. The number of carboxylic acid groups (broad SMARTS) is 1. The molecule has 36 heavy (non-hydrogen) atoms. The van der Waals surface area contributed by atoms with Crippen LogP contribution in [0.5, 0.6) is 5.75 Å². The molecule has 2 atom stereocenters. The zero-order valence-corrected chi connectivity index (χ0v) is 21.9. The predicted molar refractivity (Wildman–Crippen MR) is 146 cm³/mol. The molecule has 1 aliphatic rings. The van der Waals surface area contributed by atoms with Crippen LogP contribution in [0.4, 0.5) is 0 Å². The Bertz CT molecular complexity index is 1130. The molecule has 2 aromatic carbocycles. The number of aryl methyl sites for hydroxylation is 2. The van der Waals surface area contributed by atoms with Gasteiger partial charge in [0.2, 0.25) is 0 Å². The van der Waals surface area contributed by atoms with Crippen molar-refractivity contribution in [3.8, 4) is 5.75 Å². The highest BCUT2D eigenvalue weighted by Gasteiger charge is 2.30. The van der Waals surface area contributed by atoms with Crippen molar-refractivity contribution in [1.82, 2.24) is 9.88 Å². The molecule has 3 aromatic rings. The first-order chi connectivity index (χ1) is 17.5. The normalized spacial score (nSPS) is 18.4. The lowest BCUT2D eigenvalue weighted by Gasteiger charge is -2.38. The van der Waals surface area contributed by atoms with Crippen LogP contribution < -0.4 is 4.74 Å². The summed E-state index contributed by atoms with van der Waals surface area (Å²) in [7, 11) is 1.69. The summed E-state index contributed by atoms with van der Waals surface area (Å²) in [5.74, 6) is 0.858. The summed E-state index contributed by atoms with van der Waals surface area (Å²) >= 11 is 5.98. The maximum atomic E-state index is 11.6. The first kappa shape index (κ1) is 26.4. The Labute approximate surface area is 219 Å². The minimum absolute atomic E-state index is 0.224. The van der Waals surface area contributed by atoms with E-state index in [-0.39, 0.29) is 12.3 Å². The van der Waals surface area contributed by atoms with E-state index in [0.717, 1.165) is 86.3 Å². The van der Waals surface area contributed by atoms with E-state index in [1.807, 2.05) is 30.5 Å². The van der Waals surface area contributed by atoms with Gasteiger partial charge in [-0.25, -0.2) is 0 Å². The number of rotatable bonds is 12. The Morgan fingerprint density at radius 2 is 1.92 bits per heavy atom. The highest BCUT2D eigenvalue weighted by Crippen LogP contribution is 2.32. The average Bonchev–Trinajstić information content (AvgIpc) is 2.88. The number of halogens is 1. The van der Waals surface area contributed by atoms with E-state index >= 15 is 0 Å². The minimum Gasteiger partial charge on any atom is -0.497 e. The maximum Gasteiger partial charge on any atom is 0.303 e. The van der Waals surface area contributed by atoms with Crippen LogP contribution in [0.25, 0.3) is 10.9 Å². The Hall–Kier alpha value is -2.63. The number of hydrogen-bond donors (Lipinski definition) is 1. The molecule has 0 radical (unpaired) electrons. The zero-order chi connectivity index (χ0) is 25.3. The zero-order valence-electron chi connectivity index (χ0n) is 21.2. The third-order valence-electron chi connectivity index (χ3n) is 7.58. The molecule has 1 aliphatic heterocycles. The van der Waals surface area contributed by atoms with Gasteiger partial charge in [0, 0.05) is 29.6 Å². The van der Waals surface area contributed by atoms with Crippen molar-refractivity contribution in [2.45, 2.75) is 51.4 Å². The lowest BCUT2D eigenvalue weighted by Crippen LogP contribution is -2.41. The van der Waals surface area contributed by atoms with Gasteiger partial charge in [-0.2, -0.15) is 0 Å². The van der Waals surface area contributed by atoms with Crippen molar-refractivity contribution >= 4 is 28.5 Å². The summed E-state index contributed by atoms with van der Waals surface area (Å²) in [5, 5.41) is 11.5. The summed E-state index contributed by atoms with van der Waals surface area (Å²) in [5.41, 5.74) is 3.59. The van der Waals surface area contributed by atoms with E-state index in [2.05, 4.69) is 34.1 Å². The monoisotopic (exact) mass is 508 g/mol. The molecule has 1 N–H and O–H groups in total. The number of ether oxygens (including phenoxy) is 1.